The van der Waals surface area contributed by atoms with Gasteiger partial charge in [0.15, 0.2) is 3.92 Å². The van der Waals surface area contributed by atoms with Crippen LogP contribution in [-0.2, 0) is 9.53 Å². The van der Waals surface area contributed by atoms with Crippen LogP contribution in [0.5, 0.6) is 0 Å². The zero-order valence-electron chi connectivity index (χ0n) is 12.1. The van der Waals surface area contributed by atoms with Crippen LogP contribution in [-0.4, -0.2) is 34.9 Å². The number of esters is 1. The molecule has 112 valence electrons. The predicted octanol–water partition coefficient (Wildman–Crippen LogP) is 3.25. The SMILES string of the molecule is CC(C)(C)OC(=O)C[C@H]1CCCN(c2nnc(Br)s2)C1. The van der Waals surface area contributed by atoms with Crippen molar-refractivity contribution in [3.05, 3.63) is 3.92 Å². The topological polar surface area (TPSA) is 55.3 Å². The summed E-state index contributed by atoms with van der Waals surface area (Å²) in [5.74, 6) is 0.226. The second-order valence-corrected chi connectivity index (χ2v) is 8.31. The van der Waals surface area contributed by atoms with E-state index in [1.54, 1.807) is 0 Å². The van der Waals surface area contributed by atoms with Gasteiger partial charge in [0.25, 0.3) is 0 Å². The third-order valence-corrected chi connectivity index (χ3v) is 4.47. The molecule has 1 aliphatic heterocycles. The van der Waals surface area contributed by atoms with Gasteiger partial charge >= 0.3 is 5.97 Å². The van der Waals surface area contributed by atoms with Gasteiger partial charge in [0.1, 0.15) is 5.60 Å². The Morgan fingerprint density at radius 2 is 2.25 bits per heavy atom. The summed E-state index contributed by atoms with van der Waals surface area (Å²) in [6, 6.07) is 0. The van der Waals surface area contributed by atoms with Gasteiger partial charge in [0, 0.05) is 13.1 Å². The number of hydrogen-bond donors (Lipinski definition) is 0. The van der Waals surface area contributed by atoms with E-state index in [1.165, 1.54) is 11.3 Å². The molecule has 0 saturated carbocycles. The summed E-state index contributed by atoms with van der Waals surface area (Å²) >= 11 is 4.86. The maximum atomic E-state index is 11.9. The lowest BCUT2D eigenvalue weighted by Gasteiger charge is -2.32. The van der Waals surface area contributed by atoms with E-state index in [4.69, 9.17) is 4.74 Å². The molecule has 2 heterocycles. The largest absolute Gasteiger partial charge is 0.460 e. The molecule has 7 heteroatoms. The molecule has 0 bridgehead atoms. The highest BCUT2D eigenvalue weighted by Crippen LogP contribution is 2.29. The van der Waals surface area contributed by atoms with E-state index in [0.717, 1.165) is 35.0 Å². The van der Waals surface area contributed by atoms with Crippen LogP contribution >= 0.6 is 27.3 Å². The molecule has 1 aromatic heterocycles. The molecule has 1 aliphatic rings. The van der Waals surface area contributed by atoms with Gasteiger partial charge in [0.05, 0.1) is 6.42 Å². The van der Waals surface area contributed by atoms with Gasteiger partial charge in [-0.05, 0) is 55.5 Å². The molecule has 5 nitrogen and oxygen atoms in total. The fourth-order valence-corrected chi connectivity index (χ4v) is 3.47. The fourth-order valence-electron chi connectivity index (χ4n) is 2.35. The number of nitrogens with zero attached hydrogens (tertiary/aromatic N) is 3. The summed E-state index contributed by atoms with van der Waals surface area (Å²) in [4.78, 5) is 14.1. The quantitative estimate of drug-likeness (QED) is 0.773. The second kappa shape index (κ2) is 6.39. The van der Waals surface area contributed by atoms with Crippen molar-refractivity contribution in [3.63, 3.8) is 0 Å². The van der Waals surface area contributed by atoms with Crippen LogP contribution in [0.3, 0.4) is 0 Å². The van der Waals surface area contributed by atoms with Crippen LogP contribution in [0.15, 0.2) is 3.92 Å². The molecule has 20 heavy (non-hydrogen) atoms. The van der Waals surface area contributed by atoms with E-state index in [0.29, 0.717) is 12.3 Å². The average Bonchev–Trinajstić information content (AvgIpc) is 2.73. The van der Waals surface area contributed by atoms with E-state index in [9.17, 15) is 4.79 Å². The number of carbonyl (C=O) groups is 1. The first-order valence-corrected chi connectivity index (χ1v) is 8.40. The van der Waals surface area contributed by atoms with Gasteiger partial charge in [-0.3, -0.25) is 4.79 Å². The highest BCUT2D eigenvalue weighted by atomic mass is 79.9. The molecule has 0 amide bonds. The number of rotatable bonds is 3. The molecule has 1 aromatic rings. The first kappa shape index (κ1) is 15.7. The Morgan fingerprint density at radius 1 is 1.50 bits per heavy atom. The summed E-state index contributed by atoms with van der Waals surface area (Å²) in [6.45, 7) is 7.53. The summed E-state index contributed by atoms with van der Waals surface area (Å²) in [5.41, 5.74) is -0.407. The summed E-state index contributed by atoms with van der Waals surface area (Å²) in [5, 5.41) is 9.04. The molecule has 0 aliphatic carbocycles. The summed E-state index contributed by atoms with van der Waals surface area (Å²) in [6.07, 6.45) is 2.62. The summed E-state index contributed by atoms with van der Waals surface area (Å²) < 4.78 is 6.19. The van der Waals surface area contributed by atoms with E-state index in [1.807, 2.05) is 20.8 Å². The molecular formula is C13H20BrN3O2S. The van der Waals surface area contributed by atoms with Gasteiger partial charge < -0.3 is 9.64 Å². The molecule has 1 saturated heterocycles. The van der Waals surface area contributed by atoms with Gasteiger partial charge in [-0.1, -0.05) is 11.3 Å². The Bertz CT molecular complexity index is 472. The smallest absolute Gasteiger partial charge is 0.306 e. The Balaban J connectivity index is 1.89. The van der Waals surface area contributed by atoms with Crippen LogP contribution in [0.1, 0.15) is 40.0 Å². The summed E-state index contributed by atoms with van der Waals surface area (Å²) in [7, 11) is 0. The number of aromatic nitrogens is 2. The Morgan fingerprint density at radius 3 is 2.85 bits per heavy atom. The number of carbonyl (C=O) groups excluding carboxylic acids is 1. The number of hydrogen-bond acceptors (Lipinski definition) is 6. The van der Waals surface area contributed by atoms with Gasteiger partial charge in [0.2, 0.25) is 5.13 Å². The van der Waals surface area contributed by atoms with E-state index >= 15 is 0 Å². The van der Waals surface area contributed by atoms with Crippen LogP contribution in [0.2, 0.25) is 0 Å². The molecule has 1 fully saturated rings. The van der Waals surface area contributed by atoms with E-state index in [-0.39, 0.29) is 5.97 Å². The van der Waals surface area contributed by atoms with Crippen LogP contribution in [0.4, 0.5) is 5.13 Å². The molecule has 2 rings (SSSR count). The van der Waals surface area contributed by atoms with Crippen molar-refractivity contribution in [2.75, 3.05) is 18.0 Å². The van der Waals surface area contributed by atoms with Crippen molar-refractivity contribution in [2.24, 2.45) is 5.92 Å². The lowest BCUT2D eigenvalue weighted by molar-refractivity contribution is -0.156. The Kier molecular flexibility index (Phi) is 5.01. The van der Waals surface area contributed by atoms with Crippen LogP contribution in [0, 0.1) is 5.92 Å². The van der Waals surface area contributed by atoms with Crippen molar-refractivity contribution in [1.82, 2.24) is 10.2 Å². The lowest BCUT2D eigenvalue weighted by atomic mass is 9.95. The fraction of sp³-hybridized carbons (Fsp3) is 0.769. The second-order valence-electron chi connectivity index (χ2n) is 6.08. The van der Waals surface area contributed by atoms with Crippen molar-refractivity contribution in [3.8, 4) is 0 Å². The zero-order chi connectivity index (χ0) is 14.8. The lowest BCUT2D eigenvalue weighted by Crippen LogP contribution is -2.37. The molecular weight excluding hydrogens is 342 g/mol. The highest BCUT2D eigenvalue weighted by molar-refractivity contribution is 9.11. The highest BCUT2D eigenvalue weighted by Gasteiger charge is 2.26. The first-order valence-electron chi connectivity index (χ1n) is 6.79. The van der Waals surface area contributed by atoms with Gasteiger partial charge in [-0.25, -0.2) is 0 Å². The zero-order valence-corrected chi connectivity index (χ0v) is 14.5. The predicted molar refractivity (Wildman–Crippen MR) is 83.0 cm³/mol. The Hall–Kier alpha value is -0.690. The molecule has 0 aromatic carbocycles. The average molecular weight is 362 g/mol. The number of piperidine rings is 1. The molecule has 0 N–H and O–H groups in total. The standard InChI is InChI=1S/C13H20BrN3O2S/c1-13(2,3)19-10(18)7-9-5-4-6-17(8-9)12-16-15-11(14)20-12/h9H,4-8H2,1-3H3/t9-/m1/s1. The number of ether oxygens (including phenoxy) is 1. The van der Waals surface area contributed by atoms with Crippen molar-refractivity contribution >= 4 is 38.4 Å². The third-order valence-electron chi connectivity index (χ3n) is 3.05. The maximum Gasteiger partial charge on any atom is 0.306 e. The van der Waals surface area contributed by atoms with Crippen molar-refractivity contribution in [1.29, 1.82) is 0 Å². The van der Waals surface area contributed by atoms with Crippen LogP contribution < -0.4 is 4.90 Å². The molecule has 0 unspecified atom stereocenters. The van der Waals surface area contributed by atoms with Crippen molar-refractivity contribution < 1.29 is 9.53 Å². The molecule has 1 atom stereocenters. The van der Waals surface area contributed by atoms with Gasteiger partial charge in [-0.2, -0.15) is 0 Å². The minimum absolute atomic E-state index is 0.109. The minimum Gasteiger partial charge on any atom is -0.460 e. The van der Waals surface area contributed by atoms with E-state index < -0.39 is 5.60 Å². The number of anilines is 1. The normalized spacial score (nSPS) is 20.0. The minimum atomic E-state index is -0.407. The van der Waals surface area contributed by atoms with Gasteiger partial charge in [-0.15, -0.1) is 10.2 Å². The third kappa shape index (κ3) is 4.70. The van der Waals surface area contributed by atoms with Crippen LogP contribution in [0.25, 0.3) is 0 Å². The van der Waals surface area contributed by atoms with Crippen molar-refractivity contribution in [2.45, 2.75) is 45.6 Å². The first-order chi connectivity index (χ1) is 9.33. The monoisotopic (exact) mass is 361 g/mol. The Labute approximate surface area is 131 Å². The van der Waals surface area contributed by atoms with E-state index in [2.05, 4.69) is 31.0 Å². The molecule has 0 spiro atoms. The maximum absolute atomic E-state index is 11.9. The molecule has 0 radical (unpaired) electrons. The number of halogens is 1.